The van der Waals surface area contributed by atoms with Gasteiger partial charge in [-0.2, -0.15) is 0 Å². The van der Waals surface area contributed by atoms with E-state index < -0.39 is 0 Å². The Labute approximate surface area is 158 Å². The Bertz CT molecular complexity index is 898. The molecule has 1 fully saturated rings. The van der Waals surface area contributed by atoms with Crippen molar-refractivity contribution in [2.75, 3.05) is 26.3 Å². The van der Waals surface area contributed by atoms with Crippen LogP contribution in [0.1, 0.15) is 18.5 Å². The van der Waals surface area contributed by atoms with Crippen molar-refractivity contribution in [1.82, 2.24) is 15.5 Å². The molecule has 0 aliphatic carbocycles. The minimum absolute atomic E-state index is 0.0336. The number of carbonyl (C=O) groups is 1. The SMILES string of the molecule is CC1=C(C(=O)N2CCOCC2)[C@@H](c2cccc3ccccc23)NC(=S)N1. The van der Waals surface area contributed by atoms with E-state index in [0.717, 1.165) is 27.6 Å². The van der Waals surface area contributed by atoms with Crippen LogP contribution < -0.4 is 10.6 Å². The third-order valence-corrected chi connectivity index (χ3v) is 5.15. The highest BCUT2D eigenvalue weighted by Crippen LogP contribution is 2.33. The third-order valence-electron chi connectivity index (χ3n) is 4.93. The van der Waals surface area contributed by atoms with E-state index in [2.05, 4.69) is 34.9 Å². The molecule has 1 amide bonds. The molecule has 4 rings (SSSR count). The molecule has 2 N–H and O–H groups in total. The van der Waals surface area contributed by atoms with Gasteiger partial charge in [0.05, 0.1) is 24.8 Å². The molecule has 2 aliphatic rings. The van der Waals surface area contributed by atoms with Crippen LogP contribution in [0.25, 0.3) is 10.8 Å². The van der Waals surface area contributed by atoms with E-state index in [1.165, 1.54) is 0 Å². The van der Waals surface area contributed by atoms with E-state index in [0.29, 0.717) is 31.4 Å². The average molecular weight is 367 g/mol. The summed E-state index contributed by atoms with van der Waals surface area (Å²) in [7, 11) is 0. The number of hydrogen-bond acceptors (Lipinski definition) is 3. The van der Waals surface area contributed by atoms with Gasteiger partial charge in [-0.3, -0.25) is 4.79 Å². The highest BCUT2D eigenvalue weighted by atomic mass is 32.1. The zero-order valence-electron chi connectivity index (χ0n) is 14.6. The molecular formula is C20H21N3O2S. The molecule has 134 valence electrons. The number of thiocarbonyl (C=S) groups is 1. The lowest BCUT2D eigenvalue weighted by molar-refractivity contribution is -0.131. The number of carbonyl (C=O) groups excluding carboxylic acids is 1. The fraction of sp³-hybridized carbons (Fsp3) is 0.300. The zero-order valence-corrected chi connectivity index (χ0v) is 15.4. The highest BCUT2D eigenvalue weighted by molar-refractivity contribution is 7.80. The topological polar surface area (TPSA) is 53.6 Å². The number of benzene rings is 2. The van der Waals surface area contributed by atoms with Gasteiger partial charge in [-0.1, -0.05) is 42.5 Å². The van der Waals surface area contributed by atoms with E-state index in [-0.39, 0.29) is 11.9 Å². The van der Waals surface area contributed by atoms with Crippen molar-refractivity contribution >= 4 is 34.0 Å². The third kappa shape index (κ3) is 3.06. The summed E-state index contributed by atoms with van der Waals surface area (Å²) in [6.07, 6.45) is 0. The molecule has 0 unspecified atom stereocenters. The Hall–Kier alpha value is -2.44. The van der Waals surface area contributed by atoms with E-state index in [1.807, 2.05) is 30.0 Å². The van der Waals surface area contributed by atoms with Crippen molar-refractivity contribution in [2.24, 2.45) is 0 Å². The van der Waals surface area contributed by atoms with Crippen molar-refractivity contribution in [3.8, 4) is 0 Å². The van der Waals surface area contributed by atoms with Gasteiger partial charge in [-0.05, 0) is 35.5 Å². The summed E-state index contributed by atoms with van der Waals surface area (Å²) in [5.41, 5.74) is 2.59. The summed E-state index contributed by atoms with van der Waals surface area (Å²) in [6, 6.07) is 14.1. The number of allylic oxidation sites excluding steroid dienone is 1. The lowest BCUT2D eigenvalue weighted by atomic mass is 9.90. The van der Waals surface area contributed by atoms with Gasteiger partial charge in [0, 0.05) is 18.8 Å². The van der Waals surface area contributed by atoms with Crippen LogP contribution in [-0.2, 0) is 9.53 Å². The number of nitrogens with zero attached hydrogens (tertiary/aromatic N) is 1. The molecule has 0 saturated carbocycles. The van der Waals surface area contributed by atoms with Crippen LogP contribution in [0.3, 0.4) is 0 Å². The number of amides is 1. The maximum Gasteiger partial charge on any atom is 0.254 e. The number of rotatable bonds is 2. The Balaban J connectivity index is 1.80. The van der Waals surface area contributed by atoms with E-state index in [1.54, 1.807) is 0 Å². The van der Waals surface area contributed by atoms with Crippen LogP contribution in [0.4, 0.5) is 0 Å². The van der Waals surface area contributed by atoms with E-state index in [4.69, 9.17) is 17.0 Å². The molecule has 0 radical (unpaired) electrons. The molecule has 1 atom stereocenters. The quantitative estimate of drug-likeness (QED) is 0.799. The lowest BCUT2D eigenvalue weighted by Crippen LogP contribution is -2.49. The minimum atomic E-state index is -0.273. The van der Waals surface area contributed by atoms with E-state index in [9.17, 15) is 4.79 Å². The standard InChI is InChI=1S/C20H21N3O2S/c1-13-17(19(24)23-9-11-25-12-10-23)18(22-20(26)21-13)16-8-4-6-14-5-2-3-7-15(14)16/h2-8,18H,9-12H2,1H3,(H2,21,22,26)/t18-/m1/s1. The second kappa shape index (κ2) is 7.05. The fourth-order valence-electron chi connectivity index (χ4n) is 3.65. The molecule has 0 bridgehead atoms. The molecule has 0 spiro atoms. The Morgan fingerprint density at radius 3 is 2.69 bits per heavy atom. The van der Waals surface area contributed by atoms with Gasteiger partial charge >= 0.3 is 0 Å². The smallest absolute Gasteiger partial charge is 0.254 e. The van der Waals surface area contributed by atoms with Gasteiger partial charge in [0.15, 0.2) is 5.11 Å². The molecule has 2 aromatic carbocycles. The normalized spacial score (nSPS) is 20.7. The average Bonchev–Trinajstić information content (AvgIpc) is 2.67. The maximum atomic E-state index is 13.3. The van der Waals surface area contributed by atoms with Crippen LogP contribution >= 0.6 is 12.2 Å². The van der Waals surface area contributed by atoms with Gasteiger partial charge in [0.25, 0.3) is 5.91 Å². The molecule has 1 saturated heterocycles. The van der Waals surface area contributed by atoms with Crippen LogP contribution in [0.15, 0.2) is 53.7 Å². The highest BCUT2D eigenvalue weighted by Gasteiger charge is 2.33. The van der Waals surface area contributed by atoms with Gasteiger partial charge in [0.2, 0.25) is 0 Å². The molecule has 6 heteroatoms. The molecule has 2 aromatic rings. The fourth-order valence-corrected chi connectivity index (χ4v) is 3.92. The Kier molecular flexibility index (Phi) is 4.61. The number of hydrogen-bond donors (Lipinski definition) is 2. The number of ether oxygens (including phenoxy) is 1. The maximum absolute atomic E-state index is 13.3. The Morgan fingerprint density at radius 1 is 1.15 bits per heavy atom. The second-order valence-corrected chi connectivity index (χ2v) is 6.95. The first-order valence-corrected chi connectivity index (χ1v) is 9.19. The van der Waals surface area contributed by atoms with Crippen LogP contribution in [0.5, 0.6) is 0 Å². The largest absolute Gasteiger partial charge is 0.378 e. The monoisotopic (exact) mass is 367 g/mol. The molecule has 26 heavy (non-hydrogen) atoms. The van der Waals surface area contributed by atoms with Crippen LogP contribution in [0, 0.1) is 0 Å². The van der Waals surface area contributed by atoms with Crippen molar-refractivity contribution in [1.29, 1.82) is 0 Å². The van der Waals surface area contributed by atoms with Gasteiger partial charge < -0.3 is 20.3 Å². The van der Waals surface area contributed by atoms with Gasteiger partial charge in [-0.25, -0.2) is 0 Å². The van der Waals surface area contributed by atoms with Gasteiger partial charge in [-0.15, -0.1) is 0 Å². The molecule has 2 heterocycles. The summed E-state index contributed by atoms with van der Waals surface area (Å²) >= 11 is 5.38. The molecule has 0 aromatic heterocycles. The number of fused-ring (bicyclic) bond motifs is 1. The molecular weight excluding hydrogens is 346 g/mol. The molecule has 5 nitrogen and oxygen atoms in total. The van der Waals surface area contributed by atoms with Crippen molar-refractivity contribution in [2.45, 2.75) is 13.0 Å². The minimum Gasteiger partial charge on any atom is -0.378 e. The van der Waals surface area contributed by atoms with Crippen molar-refractivity contribution < 1.29 is 9.53 Å². The molecule has 2 aliphatic heterocycles. The summed E-state index contributed by atoms with van der Waals surface area (Å²) in [4.78, 5) is 15.1. The predicted molar refractivity (Wildman–Crippen MR) is 106 cm³/mol. The summed E-state index contributed by atoms with van der Waals surface area (Å²) < 4.78 is 5.39. The first-order valence-electron chi connectivity index (χ1n) is 8.78. The van der Waals surface area contributed by atoms with Crippen molar-refractivity contribution in [3.05, 3.63) is 59.3 Å². The predicted octanol–water partition coefficient (Wildman–Crippen LogP) is 2.49. The summed E-state index contributed by atoms with van der Waals surface area (Å²) in [5.74, 6) is 0.0336. The second-order valence-electron chi connectivity index (χ2n) is 6.54. The van der Waals surface area contributed by atoms with Crippen molar-refractivity contribution in [3.63, 3.8) is 0 Å². The summed E-state index contributed by atoms with van der Waals surface area (Å²) in [6.45, 7) is 4.30. The van der Waals surface area contributed by atoms with E-state index >= 15 is 0 Å². The lowest BCUT2D eigenvalue weighted by Gasteiger charge is -2.35. The van der Waals surface area contributed by atoms with Gasteiger partial charge in [0.1, 0.15) is 0 Å². The number of nitrogens with one attached hydrogen (secondary N) is 2. The van der Waals surface area contributed by atoms with Crippen LogP contribution in [-0.4, -0.2) is 42.2 Å². The van der Waals surface area contributed by atoms with Crippen LogP contribution in [0.2, 0.25) is 0 Å². The Morgan fingerprint density at radius 2 is 1.88 bits per heavy atom. The first-order chi connectivity index (χ1) is 12.6. The first kappa shape index (κ1) is 17.0. The number of morpholine rings is 1. The zero-order chi connectivity index (χ0) is 18.1. The summed E-state index contributed by atoms with van der Waals surface area (Å²) in [5, 5.41) is 9.24.